The zero-order valence-electron chi connectivity index (χ0n) is 30.2. The van der Waals surface area contributed by atoms with Gasteiger partial charge in [0.05, 0.1) is 0 Å². The van der Waals surface area contributed by atoms with Gasteiger partial charge in [0.1, 0.15) is 0 Å². The predicted octanol–water partition coefficient (Wildman–Crippen LogP) is 10.6. The van der Waals surface area contributed by atoms with Crippen LogP contribution >= 0.6 is 23.2 Å². The Bertz CT molecular complexity index is 1640. The summed E-state index contributed by atoms with van der Waals surface area (Å²) >= 11 is 8.01. The van der Waals surface area contributed by atoms with Crippen LogP contribution in [-0.2, 0) is 26.2 Å². The molecule has 0 saturated heterocycles. The molecule has 11 heteroatoms. The average molecular weight is 784 g/mol. The van der Waals surface area contributed by atoms with Gasteiger partial charge in [-0.2, -0.15) is 0 Å². The second-order valence-electron chi connectivity index (χ2n) is 14.5. The first-order valence-electron chi connectivity index (χ1n) is 17.7. The topological polar surface area (TPSA) is 58.2 Å². The van der Waals surface area contributed by atoms with Crippen molar-refractivity contribution in [1.29, 1.82) is 0 Å². The molecule has 0 fully saturated rings. The fourth-order valence-electron chi connectivity index (χ4n) is 6.75. The van der Waals surface area contributed by atoms with E-state index in [0.717, 1.165) is 49.9 Å². The van der Waals surface area contributed by atoms with Crippen molar-refractivity contribution in [3.8, 4) is 0 Å². The molecule has 2 aliphatic carbocycles. The molecule has 2 atom stereocenters. The van der Waals surface area contributed by atoms with Crippen molar-refractivity contribution in [2.75, 3.05) is 10.6 Å². The number of benzene rings is 2. The summed E-state index contributed by atoms with van der Waals surface area (Å²) < 4.78 is 67.6. The Hall–Kier alpha value is -2.65. The number of nitrogens with one attached hydrogen (secondary N) is 2. The molecule has 0 heterocycles. The second kappa shape index (κ2) is 17.0. The molecule has 0 aliphatic heterocycles. The van der Waals surface area contributed by atoms with Crippen molar-refractivity contribution in [1.82, 2.24) is 0 Å². The molecule has 4 nitrogen and oxygen atoms in total. The van der Waals surface area contributed by atoms with E-state index in [1.54, 1.807) is 64.2 Å². The van der Waals surface area contributed by atoms with E-state index < -0.39 is 81.0 Å². The Labute approximate surface area is 313 Å². The van der Waals surface area contributed by atoms with Crippen LogP contribution in [0.3, 0.4) is 0 Å². The minimum absolute atomic E-state index is 0.207. The van der Waals surface area contributed by atoms with Gasteiger partial charge in [0.25, 0.3) is 0 Å². The van der Waals surface area contributed by atoms with Gasteiger partial charge in [0.15, 0.2) is 0 Å². The number of carbonyl (C=O) groups is 2. The first-order valence-corrected chi connectivity index (χ1v) is 21.7. The van der Waals surface area contributed by atoms with Crippen LogP contribution in [0.5, 0.6) is 0 Å². The van der Waals surface area contributed by atoms with Crippen LogP contribution < -0.4 is 18.4 Å². The molecule has 0 bridgehead atoms. The van der Waals surface area contributed by atoms with Gasteiger partial charge in [-0.3, -0.25) is 0 Å². The Kier molecular flexibility index (Phi) is 13.7. The molecule has 51 heavy (non-hydrogen) atoms. The Morgan fingerprint density at radius 2 is 1.08 bits per heavy atom. The van der Waals surface area contributed by atoms with E-state index >= 15 is 17.6 Å². The molecule has 2 aliphatic rings. The van der Waals surface area contributed by atoms with Crippen molar-refractivity contribution in [3.63, 3.8) is 0 Å². The zero-order chi connectivity index (χ0) is 37.7. The zero-order valence-corrected chi connectivity index (χ0v) is 33.2. The average Bonchev–Trinajstić information content (AvgIpc) is 3.84. The van der Waals surface area contributed by atoms with Crippen molar-refractivity contribution < 1.29 is 43.7 Å². The molecule has 2 N–H and O–H groups in total. The van der Waals surface area contributed by atoms with Crippen LogP contribution in [-0.4, -0.2) is 22.6 Å². The van der Waals surface area contributed by atoms with Crippen molar-refractivity contribution >= 4 is 54.1 Å². The molecule has 0 spiro atoms. The number of allylic oxidation sites excluding steroid dienone is 8. The van der Waals surface area contributed by atoms with Gasteiger partial charge in [-0.25, -0.2) is 0 Å². The fraction of sp³-hybridized carbons (Fsp3) is 0.450. The first-order chi connectivity index (χ1) is 24.1. The Morgan fingerprint density at radius 3 is 1.39 bits per heavy atom. The Morgan fingerprint density at radius 1 is 0.706 bits per heavy atom. The molecule has 0 radical (unpaired) electrons. The van der Waals surface area contributed by atoms with Crippen LogP contribution in [0, 0.1) is 34.1 Å². The molecular weight excluding hydrogens is 735 g/mol. The number of halogens is 6. The second-order valence-corrected chi connectivity index (χ2v) is 21.5. The van der Waals surface area contributed by atoms with E-state index in [1.807, 2.05) is 13.8 Å². The van der Waals surface area contributed by atoms with E-state index in [2.05, 4.69) is 10.6 Å². The molecule has 2 aromatic rings. The van der Waals surface area contributed by atoms with Crippen LogP contribution in [0.1, 0.15) is 92.9 Å². The van der Waals surface area contributed by atoms with Crippen LogP contribution in [0.15, 0.2) is 68.5 Å². The summed E-state index contributed by atoms with van der Waals surface area (Å²) in [5, 5.41) is 4.13. The van der Waals surface area contributed by atoms with Crippen molar-refractivity contribution in [2.24, 2.45) is 10.8 Å². The fourth-order valence-corrected chi connectivity index (χ4v) is 15.5. The summed E-state index contributed by atoms with van der Waals surface area (Å²) in [6.45, 7) is 10.7. The number of hydrogen-bond acceptors (Lipinski definition) is 2. The van der Waals surface area contributed by atoms with E-state index in [0.29, 0.717) is 20.6 Å². The van der Waals surface area contributed by atoms with Gasteiger partial charge in [0, 0.05) is 0 Å². The van der Waals surface area contributed by atoms with Crippen LogP contribution in [0.25, 0.3) is 0 Å². The number of rotatable bonds is 16. The molecule has 4 rings (SSSR count). The van der Waals surface area contributed by atoms with E-state index in [-0.39, 0.29) is 24.2 Å². The van der Waals surface area contributed by atoms with Gasteiger partial charge in [-0.1, -0.05) is 0 Å². The van der Waals surface area contributed by atoms with E-state index in [4.69, 9.17) is 23.2 Å². The molecule has 276 valence electrons. The quantitative estimate of drug-likeness (QED) is 0.101. The van der Waals surface area contributed by atoms with Gasteiger partial charge in [0.2, 0.25) is 0 Å². The summed E-state index contributed by atoms with van der Waals surface area (Å²) in [6.07, 6.45) is 15.2. The summed E-state index contributed by atoms with van der Waals surface area (Å²) in [5.41, 5.74) is -2.87. The number of alkyl halides is 2. The van der Waals surface area contributed by atoms with Crippen molar-refractivity contribution in [3.05, 3.63) is 91.7 Å². The molecule has 2 amide bonds. The van der Waals surface area contributed by atoms with E-state index in [9.17, 15) is 9.59 Å². The normalized spacial score (nSPS) is 15.8. The number of unbranched alkanes of at least 4 members (excludes halogenated alkanes) is 2. The Balaban J connectivity index is 1.94. The maximum absolute atomic E-state index is 17.2. The third-order valence-electron chi connectivity index (χ3n) is 10.3. The third-order valence-corrected chi connectivity index (χ3v) is 19.8. The summed E-state index contributed by atoms with van der Waals surface area (Å²) in [4.78, 5) is 27.2. The van der Waals surface area contributed by atoms with Gasteiger partial charge >= 0.3 is 315 Å². The summed E-state index contributed by atoms with van der Waals surface area (Å²) in [5.74, 6) is -5.32. The number of hydrogen-bond donors (Lipinski definition) is 2. The number of carbonyl (C=O) groups excluding carboxylic acids is 2. The third kappa shape index (κ3) is 8.15. The molecule has 2 unspecified atom stereocenters. The summed E-state index contributed by atoms with van der Waals surface area (Å²) in [7, 11) is 0. The SMILES string of the molecule is CCCCC(Cl)C(C)(C)C(=O)Nc1ccc(F)[c]([Ti]([C]2=CC=CC2)([C]2=CC=CC2)[c]2c(F)ccc(NC(=O)C(C)(C)C(Cl)CCCC)c2F)c1F. The number of anilines is 2. The van der Waals surface area contributed by atoms with Gasteiger partial charge in [-0.15, -0.1) is 0 Å². The predicted molar refractivity (Wildman–Crippen MR) is 199 cm³/mol. The monoisotopic (exact) mass is 782 g/mol. The number of amides is 2. The molecular formula is C40H48Cl2F4N2O2Ti. The molecule has 2 aromatic carbocycles. The van der Waals surface area contributed by atoms with Crippen LogP contribution in [0.4, 0.5) is 28.9 Å². The van der Waals surface area contributed by atoms with Gasteiger partial charge < -0.3 is 0 Å². The van der Waals surface area contributed by atoms with E-state index in [1.165, 1.54) is 0 Å². The standard InChI is InChI=1S/2C15H19ClF2NO.2C5H5.Ti/c2*1-4-5-6-13(16)15(2,3)14(20)19-12-8-7-10(17)9-11(12)18;2*1-2-4-5-3-1;/h2*7-8,13H,4-6H2,1-3H3,(H,19,20);2*1-3H,4H2;. The minimum atomic E-state index is -5.26. The maximum atomic E-state index is 17.2. The van der Waals surface area contributed by atoms with Gasteiger partial charge in [-0.05, 0) is 0 Å². The summed E-state index contributed by atoms with van der Waals surface area (Å²) in [6, 6.07) is 4.31. The molecule has 0 saturated carbocycles. The first kappa shape index (κ1) is 41.1. The van der Waals surface area contributed by atoms with Crippen LogP contribution in [0.2, 0.25) is 0 Å². The van der Waals surface area contributed by atoms with Crippen molar-refractivity contribution in [2.45, 2.75) is 104 Å². The molecule has 0 aromatic heterocycles.